The minimum Gasteiger partial charge on any atom is -0.425 e. The summed E-state index contributed by atoms with van der Waals surface area (Å²) in [6.07, 6.45) is 3.50. The van der Waals surface area contributed by atoms with Crippen LogP contribution in [0.25, 0.3) is 10.8 Å². The molecule has 0 saturated carbocycles. The molecular formula is C19H18N2O6S. The molecule has 0 bridgehead atoms. The second kappa shape index (κ2) is 9.07. The first-order chi connectivity index (χ1) is 13.2. The fourth-order valence-corrected chi connectivity index (χ4v) is 3.00. The highest BCUT2D eigenvalue weighted by Crippen LogP contribution is 2.36. The van der Waals surface area contributed by atoms with Gasteiger partial charge in [-0.3, -0.25) is 19.1 Å². The Morgan fingerprint density at radius 3 is 2.11 bits per heavy atom. The maximum absolute atomic E-state index is 11.4. The largest absolute Gasteiger partial charge is 0.425 e. The van der Waals surface area contributed by atoms with E-state index in [1.165, 1.54) is 19.1 Å². The molecule has 2 N–H and O–H groups in total. The molecule has 9 heteroatoms. The average molecular weight is 402 g/mol. The Labute approximate surface area is 161 Å². The normalized spacial score (nSPS) is 10.5. The van der Waals surface area contributed by atoms with Gasteiger partial charge in [0, 0.05) is 42.7 Å². The van der Waals surface area contributed by atoms with Crippen molar-refractivity contribution in [3.63, 3.8) is 0 Å². The van der Waals surface area contributed by atoms with E-state index >= 15 is 0 Å². The molecule has 0 atom stereocenters. The predicted octanol–water partition coefficient (Wildman–Crippen LogP) is 3.05. The summed E-state index contributed by atoms with van der Waals surface area (Å²) in [5, 5.41) is 3.34. The monoisotopic (exact) mass is 402 g/mol. The molecule has 0 spiro atoms. The van der Waals surface area contributed by atoms with Gasteiger partial charge in [0.25, 0.3) is 10.1 Å². The van der Waals surface area contributed by atoms with Crippen molar-refractivity contribution >= 4 is 38.5 Å². The number of fused-ring (bicyclic) bond motifs is 1. The first-order valence-corrected chi connectivity index (χ1v) is 9.48. The van der Waals surface area contributed by atoms with E-state index in [1.54, 1.807) is 24.5 Å². The van der Waals surface area contributed by atoms with Crippen molar-refractivity contribution < 1.29 is 27.3 Å². The molecule has 0 aliphatic heterocycles. The number of carbonyl (C=O) groups excluding carboxylic acids is 2. The van der Waals surface area contributed by atoms with Crippen LogP contribution in [-0.4, -0.2) is 29.8 Å². The molecule has 0 unspecified atom stereocenters. The fourth-order valence-electron chi connectivity index (χ4n) is 2.37. The van der Waals surface area contributed by atoms with Crippen molar-refractivity contribution in [3.8, 4) is 5.75 Å². The molecule has 146 valence electrons. The molecule has 8 nitrogen and oxygen atoms in total. The average Bonchev–Trinajstić information content (AvgIpc) is 2.62. The molecule has 1 aromatic heterocycles. The lowest BCUT2D eigenvalue weighted by atomic mass is 10.1. The maximum atomic E-state index is 11.4. The molecule has 0 fully saturated rings. The highest BCUT2D eigenvalue weighted by molar-refractivity contribution is 7.86. The Balaban J connectivity index is 0.000000397. The SMILES string of the molecule is CC(=O)Nc1cccc2c(OC(C)=O)c(S(=O)(=O)O)ccc12.c1ccncc1. The van der Waals surface area contributed by atoms with E-state index in [2.05, 4.69) is 10.3 Å². The molecule has 3 rings (SSSR count). The van der Waals surface area contributed by atoms with Gasteiger partial charge in [-0.1, -0.05) is 24.3 Å². The molecule has 0 saturated heterocycles. The maximum Gasteiger partial charge on any atom is 0.308 e. The van der Waals surface area contributed by atoms with E-state index in [1.807, 2.05) is 18.2 Å². The number of hydrogen-bond donors (Lipinski definition) is 2. The van der Waals surface area contributed by atoms with E-state index < -0.39 is 21.0 Å². The predicted molar refractivity (Wildman–Crippen MR) is 104 cm³/mol. The van der Waals surface area contributed by atoms with Gasteiger partial charge in [0.2, 0.25) is 5.91 Å². The summed E-state index contributed by atoms with van der Waals surface area (Å²) in [5.74, 6) is -1.32. The standard InChI is InChI=1S/C14H13NO6S.C5H5N/c1-8(16)15-12-5-3-4-11-10(12)6-7-13(22(18,19)20)14(11)21-9(2)17;1-2-4-6-5-3-1/h3-7H,1-2H3,(H,15,16)(H,18,19,20);1-5H. The van der Waals surface area contributed by atoms with Crippen molar-refractivity contribution in [2.24, 2.45) is 0 Å². The van der Waals surface area contributed by atoms with Crippen molar-refractivity contribution in [1.29, 1.82) is 0 Å². The van der Waals surface area contributed by atoms with Crippen molar-refractivity contribution in [3.05, 3.63) is 60.9 Å². The summed E-state index contributed by atoms with van der Waals surface area (Å²) in [5.41, 5.74) is 0.431. The second-order valence-corrected chi connectivity index (χ2v) is 6.96. The van der Waals surface area contributed by atoms with Crippen LogP contribution >= 0.6 is 0 Å². The quantitative estimate of drug-likeness (QED) is 0.392. The third kappa shape index (κ3) is 5.60. The van der Waals surface area contributed by atoms with Gasteiger partial charge in [-0.2, -0.15) is 8.42 Å². The molecule has 0 aliphatic carbocycles. The molecule has 1 heterocycles. The van der Waals surface area contributed by atoms with E-state index in [9.17, 15) is 22.6 Å². The number of amides is 1. The Bertz CT molecular complexity index is 1070. The minimum atomic E-state index is -4.57. The molecule has 1 amide bonds. The number of benzene rings is 2. The fraction of sp³-hybridized carbons (Fsp3) is 0.105. The smallest absolute Gasteiger partial charge is 0.308 e. The summed E-state index contributed by atoms with van der Waals surface area (Å²) in [6.45, 7) is 2.45. The molecule has 0 aliphatic rings. The Kier molecular flexibility index (Phi) is 6.80. The third-order valence-electron chi connectivity index (χ3n) is 3.38. The number of anilines is 1. The van der Waals surface area contributed by atoms with Crippen LogP contribution in [0, 0.1) is 0 Å². The van der Waals surface area contributed by atoms with Crippen LogP contribution < -0.4 is 10.1 Å². The zero-order chi connectivity index (χ0) is 20.7. The van der Waals surface area contributed by atoms with Crippen molar-refractivity contribution in [1.82, 2.24) is 4.98 Å². The number of pyridine rings is 1. The third-order valence-corrected chi connectivity index (χ3v) is 4.25. The minimum absolute atomic E-state index is 0.275. The summed E-state index contributed by atoms with van der Waals surface area (Å²) in [6, 6.07) is 12.9. The van der Waals surface area contributed by atoms with Gasteiger partial charge in [-0.05, 0) is 24.3 Å². The Morgan fingerprint density at radius 2 is 1.64 bits per heavy atom. The summed E-state index contributed by atoms with van der Waals surface area (Å²) in [7, 11) is -4.57. The van der Waals surface area contributed by atoms with Crippen LogP contribution in [0.2, 0.25) is 0 Å². The van der Waals surface area contributed by atoms with E-state index in [-0.39, 0.29) is 17.0 Å². The lowest BCUT2D eigenvalue weighted by Gasteiger charge is -2.13. The lowest BCUT2D eigenvalue weighted by molar-refractivity contribution is -0.132. The second-order valence-electron chi connectivity index (χ2n) is 5.57. The topological polar surface area (TPSA) is 123 Å². The van der Waals surface area contributed by atoms with Gasteiger partial charge in [0.05, 0.1) is 0 Å². The van der Waals surface area contributed by atoms with E-state index in [0.717, 1.165) is 13.0 Å². The number of aromatic nitrogens is 1. The molecular weight excluding hydrogens is 384 g/mol. The molecule has 0 radical (unpaired) electrons. The Morgan fingerprint density at radius 1 is 0.964 bits per heavy atom. The lowest BCUT2D eigenvalue weighted by Crippen LogP contribution is -2.09. The van der Waals surface area contributed by atoms with Gasteiger partial charge < -0.3 is 10.1 Å². The van der Waals surface area contributed by atoms with Crippen molar-refractivity contribution in [2.45, 2.75) is 18.7 Å². The first-order valence-electron chi connectivity index (χ1n) is 8.04. The van der Waals surface area contributed by atoms with Crippen LogP contribution in [0.4, 0.5) is 5.69 Å². The van der Waals surface area contributed by atoms with Gasteiger partial charge >= 0.3 is 5.97 Å². The van der Waals surface area contributed by atoms with Gasteiger partial charge in [-0.15, -0.1) is 0 Å². The number of rotatable bonds is 3. The molecule has 3 aromatic rings. The number of nitrogens with zero attached hydrogens (tertiary/aromatic N) is 1. The number of carbonyl (C=O) groups is 2. The van der Waals surface area contributed by atoms with Crippen molar-refractivity contribution in [2.75, 3.05) is 5.32 Å². The first kappa shape index (κ1) is 21.0. The van der Waals surface area contributed by atoms with Gasteiger partial charge in [-0.25, -0.2) is 0 Å². The molecule has 28 heavy (non-hydrogen) atoms. The van der Waals surface area contributed by atoms with Crippen LogP contribution in [0.1, 0.15) is 13.8 Å². The van der Waals surface area contributed by atoms with Crippen LogP contribution in [-0.2, 0) is 19.7 Å². The Hall–Kier alpha value is -3.30. The zero-order valence-electron chi connectivity index (χ0n) is 15.1. The summed E-state index contributed by atoms with van der Waals surface area (Å²) in [4.78, 5) is 25.7. The van der Waals surface area contributed by atoms with Gasteiger partial charge in [0.1, 0.15) is 4.90 Å². The highest BCUT2D eigenvalue weighted by atomic mass is 32.2. The molecule has 2 aromatic carbocycles. The van der Waals surface area contributed by atoms with Crippen LogP contribution in [0.3, 0.4) is 0 Å². The summed E-state index contributed by atoms with van der Waals surface area (Å²) >= 11 is 0. The van der Waals surface area contributed by atoms with Crippen LogP contribution in [0.5, 0.6) is 5.75 Å². The number of esters is 1. The van der Waals surface area contributed by atoms with E-state index in [0.29, 0.717) is 11.1 Å². The van der Waals surface area contributed by atoms with Crippen LogP contribution in [0.15, 0.2) is 65.8 Å². The number of nitrogens with one attached hydrogen (secondary N) is 1. The van der Waals surface area contributed by atoms with Gasteiger partial charge in [0.15, 0.2) is 5.75 Å². The number of hydrogen-bond acceptors (Lipinski definition) is 6. The van der Waals surface area contributed by atoms with E-state index in [4.69, 9.17) is 4.74 Å². The highest BCUT2D eigenvalue weighted by Gasteiger charge is 2.21. The number of ether oxygens (including phenoxy) is 1. The summed E-state index contributed by atoms with van der Waals surface area (Å²) < 4.78 is 37.1. The zero-order valence-corrected chi connectivity index (χ0v) is 15.9.